The summed E-state index contributed by atoms with van der Waals surface area (Å²) in [7, 11) is 0. The van der Waals surface area contributed by atoms with Gasteiger partial charge in [-0.25, -0.2) is 14.8 Å². The molecule has 3 fully saturated rings. The van der Waals surface area contributed by atoms with Crippen molar-refractivity contribution >= 4 is 39.4 Å². The normalized spacial score (nSPS) is 25.9. The monoisotopic (exact) mass is 578 g/mol. The van der Waals surface area contributed by atoms with Crippen LogP contribution < -0.4 is 10.6 Å². The first-order valence-corrected chi connectivity index (χ1v) is 13.9. The van der Waals surface area contributed by atoms with E-state index in [9.17, 15) is 18.0 Å². The number of thiazole rings is 1. The summed E-state index contributed by atoms with van der Waals surface area (Å²) in [5, 5.41) is 6.41. The van der Waals surface area contributed by atoms with Crippen LogP contribution in [0.25, 0.3) is 20.8 Å². The number of carbonyl (C=O) groups is 1. The van der Waals surface area contributed by atoms with Crippen molar-refractivity contribution < 1.29 is 32.2 Å². The predicted molar refractivity (Wildman–Crippen MR) is 142 cm³/mol. The number of para-hydroxylation sites is 1. The lowest BCUT2D eigenvalue weighted by Crippen LogP contribution is -2.36. The van der Waals surface area contributed by atoms with Gasteiger partial charge in [0.1, 0.15) is 30.1 Å². The third-order valence-corrected chi connectivity index (χ3v) is 8.30. The van der Waals surface area contributed by atoms with E-state index in [1.807, 2.05) is 38.1 Å². The smallest absolute Gasteiger partial charge is 0.409 e. The lowest BCUT2D eigenvalue weighted by molar-refractivity contribution is -0.157. The highest BCUT2D eigenvalue weighted by Crippen LogP contribution is 2.44. The topological polar surface area (TPSA) is 111 Å². The molecule has 4 atom stereocenters. The van der Waals surface area contributed by atoms with E-state index in [4.69, 9.17) is 19.2 Å². The van der Waals surface area contributed by atoms with E-state index >= 15 is 0 Å². The van der Waals surface area contributed by atoms with Crippen LogP contribution in [0.15, 0.2) is 24.3 Å². The van der Waals surface area contributed by atoms with Crippen molar-refractivity contribution in [3.8, 4) is 10.6 Å². The van der Waals surface area contributed by atoms with Crippen LogP contribution in [0.4, 0.5) is 29.7 Å². The van der Waals surface area contributed by atoms with Crippen molar-refractivity contribution in [3.63, 3.8) is 0 Å². The number of fused-ring (bicyclic) bond motifs is 2. The number of hydrogen-bond donors (Lipinski definition) is 2. The minimum Gasteiger partial charge on any atom is -0.448 e. The summed E-state index contributed by atoms with van der Waals surface area (Å²) in [6, 6.07) is 7.38. The minimum atomic E-state index is -4.43. The maximum Gasteiger partial charge on any atom is 0.409 e. The number of hydrogen-bond acceptors (Lipinski definition) is 10. The molecule has 2 aliphatic heterocycles. The van der Waals surface area contributed by atoms with Crippen molar-refractivity contribution in [2.45, 2.75) is 57.4 Å². The SMILES string of the molecule is Cc1nc(NCC(F)(F)F)nc(NC2CC(CN3CCOC3=O)C3OC(C)(C)OC23)c1-c1nc2ccccc2s1. The number of benzene rings is 1. The Hall–Kier alpha value is -3.23. The second-order valence-corrected chi connectivity index (χ2v) is 11.7. The second kappa shape index (κ2) is 10.00. The van der Waals surface area contributed by atoms with Crippen LogP contribution in [-0.4, -0.2) is 82.4 Å². The summed E-state index contributed by atoms with van der Waals surface area (Å²) < 4.78 is 57.6. The Morgan fingerprint density at radius 3 is 2.65 bits per heavy atom. The number of ether oxygens (including phenoxy) is 3. The van der Waals surface area contributed by atoms with Gasteiger partial charge in [0.05, 0.1) is 40.2 Å². The third-order valence-electron chi connectivity index (χ3n) is 7.25. The molecule has 1 aromatic carbocycles. The molecule has 10 nitrogen and oxygen atoms in total. The van der Waals surface area contributed by atoms with E-state index in [2.05, 4.69) is 20.6 Å². The van der Waals surface area contributed by atoms with Gasteiger partial charge in [0.25, 0.3) is 0 Å². The van der Waals surface area contributed by atoms with E-state index in [-0.39, 0.29) is 36.2 Å². The number of anilines is 2. The average molecular weight is 579 g/mol. The highest BCUT2D eigenvalue weighted by Gasteiger charge is 2.55. The standard InChI is InChI=1S/C26H29F3N6O4S/c1-13-18(22-33-15-6-4-5-7-17(15)40-22)21(34-23(31-13)30-12-26(27,28)29)32-16-10-14(11-35-8-9-37-24(35)36)19-20(16)39-25(2,3)38-19/h4-7,14,16,19-20H,8-12H2,1-3H3,(H2,30,31,32,34). The Bertz CT molecular complexity index is 1400. The summed E-state index contributed by atoms with van der Waals surface area (Å²) in [5.41, 5.74) is 1.90. The number of alkyl halides is 3. The van der Waals surface area contributed by atoms with Crippen LogP contribution >= 0.6 is 11.3 Å². The quantitative estimate of drug-likeness (QED) is 0.408. The maximum absolute atomic E-state index is 13.0. The first-order chi connectivity index (χ1) is 19.0. The van der Waals surface area contributed by atoms with Gasteiger partial charge in [-0.05, 0) is 39.3 Å². The van der Waals surface area contributed by atoms with Gasteiger partial charge < -0.3 is 29.7 Å². The molecule has 214 valence electrons. The first-order valence-electron chi connectivity index (χ1n) is 13.0. The largest absolute Gasteiger partial charge is 0.448 e. The average Bonchev–Trinajstić information content (AvgIpc) is 3.62. The Labute approximate surface area is 232 Å². The van der Waals surface area contributed by atoms with Gasteiger partial charge in [-0.2, -0.15) is 18.2 Å². The highest BCUT2D eigenvalue weighted by atomic mass is 32.1. The number of aromatic nitrogens is 3. The van der Waals surface area contributed by atoms with E-state index in [1.54, 1.807) is 11.8 Å². The summed E-state index contributed by atoms with van der Waals surface area (Å²) >= 11 is 1.46. The molecule has 3 aliphatic rings. The van der Waals surface area contributed by atoms with Crippen LogP contribution in [-0.2, 0) is 14.2 Å². The van der Waals surface area contributed by atoms with Crippen molar-refractivity contribution in [1.82, 2.24) is 19.9 Å². The fraction of sp³-hybridized carbons (Fsp3) is 0.538. The van der Waals surface area contributed by atoms with Gasteiger partial charge in [0.15, 0.2) is 5.79 Å². The molecule has 1 saturated carbocycles. The number of rotatable bonds is 7. The second-order valence-electron chi connectivity index (χ2n) is 10.7. The van der Waals surface area contributed by atoms with Crippen LogP contribution in [0.5, 0.6) is 0 Å². The summed E-state index contributed by atoms with van der Waals surface area (Å²) in [6.07, 6.45) is -4.86. The Morgan fingerprint density at radius 1 is 1.15 bits per heavy atom. The molecule has 6 rings (SSSR count). The zero-order valence-corrected chi connectivity index (χ0v) is 22.9. The van der Waals surface area contributed by atoms with E-state index < -0.39 is 18.5 Å². The zero-order valence-electron chi connectivity index (χ0n) is 22.1. The molecule has 0 bridgehead atoms. The van der Waals surface area contributed by atoms with Gasteiger partial charge in [0.2, 0.25) is 5.95 Å². The lowest BCUT2D eigenvalue weighted by atomic mass is 10.0. The summed E-state index contributed by atoms with van der Waals surface area (Å²) in [5.74, 6) is -0.672. The molecule has 0 spiro atoms. The first kappa shape index (κ1) is 27.0. The molecule has 0 radical (unpaired) electrons. The predicted octanol–water partition coefficient (Wildman–Crippen LogP) is 4.81. The van der Waals surface area contributed by atoms with Gasteiger partial charge in [-0.1, -0.05) is 12.1 Å². The number of aryl methyl sites for hydroxylation is 1. The fourth-order valence-corrected chi connectivity index (χ4v) is 6.69. The van der Waals surface area contributed by atoms with Crippen LogP contribution in [0.3, 0.4) is 0 Å². The van der Waals surface area contributed by atoms with Crippen LogP contribution in [0, 0.1) is 12.8 Å². The molecule has 40 heavy (non-hydrogen) atoms. The maximum atomic E-state index is 13.0. The molecule has 2 saturated heterocycles. The van der Waals surface area contributed by atoms with E-state index in [1.165, 1.54) is 11.3 Å². The number of cyclic esters (lactones) is 1. The highest BCUT2D eigenvalue weighted by molar-refractivity contribution is 7.21. The van der Waals surface area contributed by atoms with Gasteiger partial charge in [-0.15, -0.1) is 11.3 Å². The van der Waals surface area contributed by atoms with Crippen molar-refractivity contribution in [2.24, 2.45) is 5.92 Å². The molecule has 4 unspecified atom stereocenters. The zero-order chi connectivity index (χ0) is 28.2. The Morgan fingerprint density at radius 2 is 1.93 bits per heavy atom. The Kier molecular flexibility index (Phi) is 6.74. The number of nitrogens with zero attached hydrogens (tertiary/aromatic N) is 4. The Balaban J connectivity index is 1.35. The number of amides is 1. The third kappa shape index (κ3) is 5.39. The number of halogens is 3. The minimum absolute atomic E-state index is 0.0495. The molecule has 1 amide bonds. The summed E-state index contributed by atoms with van der Waals surface area (Å²) in [4.78, 5) is 27.4. The number of nitrogens with one attached hydrogen (secondary N) is 2. The molecule has 14 heteroatoms. The van der Waals surface area contributed by atoms with Crippen LogP contribution in [0.1, 0.15) is 26.0 Å². The summed E-state index contributed by atoms with van der Waals surface area (Å²) in [6.45, 7) is 5.45. The van der Waals surface area contributed by atoms with Crippen LogP contribution in [0.2, 0.25) is 0 Å². The van der Waals surface area contributed by atoms with E-state index in [0.29, 0.717) is 48.2 Å². The molecular weight excluding hydrogens is 549 g/mol. The number of carbonyl (C=O) groups excluding carboxylic acids is 1. The lowest BCUT2D eigenvalue weighted by Gasteiger charge is -2.26. The molecule has 4 heterocycles. The van der Waals surface area contributed by atoms with Gasteiger partial charge >= 0.3 is 12.3 Å². The molecule has 2 aromatic heterocycles. The molecular formula is C26H29F3N6O4S. The molecule has 1 aliphatic carbocycles. The van der Waals surface area contributed by atoms with Crippen molar-refractivity contribution in [2.75, 3.05) is 36.9 Å². The fourth-order valence-electron chi connectivity index (χ4n) is 5.63. The van der Waals surface area contributed by atoms with Crippen molar-refractivity contribution in [3.05, 3.63) is 30.0 Å². The van der Waals surface area contributed by atoms with Crippen molar-refractivity contribution in [1.29, 1.82) is 0 Å². The van der Waals surface area contributed by atoms with Gasteiger partial charge in [-0.3, -0.25) is 0 Å². The molecule has 3 aromatic rings. The van der Waals surface area contributed by atoms with E-state index in [0.717, 1.165) is 10.2 Å². The molecule has 2 N–H and O–H groups in total. The van der Waals surface area contributed by atoms with Gasteiger partial charge in [0, 0.05) is 12.5 Å².